The second kappa shape index (κ2) is 10.6. The standard InChI is InChI=1S/C17H28N4O4.HI/c1-4-18-15(19-13-17(3,23)14-7-6-12-25-14)20-8-10-21(11-9-20)16(22)24-5-2;/h6-7,12,23H,4-5,8-11,13H2,1-3H3,(H,18,19);1H. The van der Waals surface area contributed by atoms with Crippen molar-refractivity contribution in [2.75, 3.05) is 45.9 Å². The molecule has 0 aliphatic carbocycles. The number of halogens is 1. The van der Waals surface area contributed by atoms with Crippen LogP contribution in [0.3, 0.4) is 0 Å². The third-order valence-corrected chi connectivity index (χ3v) is 4.03. The number of hydrogen-bond acceptors (Lipinski definition) is 5. The van der Waals surface area contributed by atoms with Gasteiger partial charge in [0, 0.05) is 32.7 Å². The third-order valence-electron chi connectivity index (χ3n) is 4.03. The smallest absolute Gasteiger partial charge is 0.409 e. The van der Waals surface area contributed by atoms with Crippen molar-refractivity contribution in [3.05, 3.63) is 24.2 Å². The molecular weight excluding hydrogens is 451 g/mol. The molecule has 1 aliphatic rings. The van der Waals surface area contributed by atoms with Crippen LogP contribution in [0, 0.1) is 0 Å². The molecule has 2 heterocycles. The van der Waals surface area contributed by atoms with Crippen LogP contribution in [-0.2, 0) is 10.3 Å². The van der Waals surface area contributed by atoms with Crippen LogP contribution >= 0.6 is 24.0 Å². The topological polar surface area (TPSA) is 90.5 Å². The van der Waals surface area contributed by atoms with Crippen molar-refractivity contribution in [2.45, 2.75) is 26.4 Å². The van der Waals surface area contributed by atoms with Crippen LogP contribution in [0.4, 0.5) is 4.79 Å². The number of hydrogen-bond donors (Lipinski definition) is 2. The number of rotatable bonds is 5. The summed E-state index contributed by atoms with van der Waals surface area (Å²) in [4.78, 5) is 20.1. The first kappa shape index (κ1) is 22.6. The lowest BCUT2D eigenvalue weighted by atomic mass is 10.0. The predicted octanol–water partition coefficient (Wildman–Crippen LogP) is 1.84. The van der Waals surface area contributed by atoms with E-state index in [4.69, 9.17) is 9.15 Å². The molecule has 1 saturated heterocycles. The van der Waals surface area contributed by atoms with Crippen molar-refractivity contribution < 1.29 is 19.1 Å². The minimum Gasteiger partial charge on any atom is -0.466 e. The lowest BCUT2D eigenvalue weighted by molar-refractivity contribution is 0.0433. The van der Waals surface area contributed by atoms with E-state index in [0.717, 1.165) is 12.5 Å². The normalized spacial score (nSPS) is 17.3. The molecule has 8 nitrogen and oxygen atoms in total. The van der Waals surface area contributed by atoms with E-state index in [-0.39, 0.29) is 36.6 Å². The zero-order valence-corrected chi connectivity index (χ0v) is 17.9. The number of amides is 1. The van der Waals surface area contributed by atoms with Crippen molar-refractivity contribution in [3.63, 3.8) is 0 Å². The Hall–Kier alpha value is -1.49. The van der Waals surface area contributed by atoms with Crippen molar-refractivity contribution in [3.8, 4) is 0 Å². The van der Waals surface area contributed by atoms with Crippen LogP contribution in [-0.4, -0.2) is 72.8 Å². The summed E-state index contributed by atoms with van der Waals surface area (Å²) < 4.78 is 10.3. The molecule has 0 saturated carbocycles. The molecule has 1 atom stereocenters. The van der Waals surface area contributed by atoms with E-state index in [1.165, 1.54) is 6.26 Å². The van der Waals surface area contributed by atoms with Gasteiger partial charge in [-0.15, -0.1) is 24.0 Å². The first-order valence-corrected chi connectivity index (χ1v) is 8.69. The summed E-state index contributed by atoms with van der Waals surface area (Å²) in [6.07, 6.45) is 1.26. The highest BCUT2D eigenvalue weighted by molar-refractivity contribution is 14.0. The van der Waals surface area contributed by atoms with Crippen LogP contribution < -0.4 is 5.32 Å². The quantitative estimate of drug-likeness (QED) is 0.380. The Morgan fingerprint density at radius 2 is 2.00 bits per heavy atom. The predicted molar refractivity (Wildman–Crippen MR) is 110 cm³/mol. The zero-order chi connectivity index (χ0) is 18.3. The summed E-state index contributed by atoms with van der Waals surface area (Å²) in [7, 11) is 0. The summed E-state index contributed by atoms with van der Waals surface area (Å²) in [6.45, 7) is 9.24. The highest BCUT2D eigenvalue weighted by Crippen LogP contribution is 2.21. The van der Waals surface area contributed by atoms with E-state index in [1.807, 2.05) is 6.92 Å². The molecule has 26 heavy (non-hydrogen) atoms. The zero-order valence-electron chi connectivity index (χ0n) is 15.6. The molecule has 0 bridgehead atoms. The molecule has 2 N–H and O–H groups in total. The number of ether oxygens (including phenoxy) is 1. The number of nitrogens with zero attached hydrogens (tertiary/aromatic N) is 3. The molecule has 0 aromatic carbocycles. The first-order valence-electron chi connectivity index (χ1n) is 8.69. The summed E-state index contributed by atoms with van der Waals surface area (Å²) in [5.41, 5.74) is -1.17. The van der Waals surface area contributed by atoms with Crippen LogP contribution in [0.5, 0.6) is 0 Å². The molecule has 1 fully saturated rings. The molecular formula is C17H29IN4O4. The van der Waals surface area contributed by atoms with Gasteiger partial charge >= 0.3 is 6.09 Å². The number of carbonyl (C=O) groups excluding carboxylic acids is 1. The van der Waals surface area contributed by atoms with Crippen molar-refractivity contribution in [1.29, 1.82) is 0 Å². The van der Waals surface area contributed by atoms with Gasteiger partial charge in [-0.2, -0.15) is 0 Å². The maximum atomic E-state index is 11.8. The van der Waals surface area contributed by atoms with Gasteiger partial charge in [-0.1, -0.05) is 0 Å². The molecule has 1 unspecified atom stereocenters. The number of carbonyl (C=O) groups is 1. The van der Waals surface area contributed by atoms with Crippen LogP contribution in [0.1, 0.15) is 26.5 Å². The average Bonchev–Trinajstić information content (AvgIpc) is 3.14. The summed E-state index contributed by atoms with van der Waals surface area (Å²) >= 11 is 0. The van der Waals surface area contributed by atoms with Crippen molar-refractivity contribution in [2.24, 2.45) is 4.99 Å². The maximum Gasteiger partial charge on any atom is 0.409 e. The Balaban J connectivity index is 0.00000338. The van der Waals surface area contributed by atoms with Gasteiger partial charge in [0.15, 0.2) is 5.96 Å². The minimum absolute atomic E-state index is 0. The fourth-order valence-electron chi connectivity index (χ4n) is 2.63. The van der Waals surface area contributed by atoms with E-state index in [1.54, 1.807) is 30.9 Å². The van der Waals surface area contributed by atoms with Crippen LogP contribution in [0.2, 0.25) is 0 Å². The molecule has 9 heteroatoms. The van der Waals surface area contributed by atoms with Crippen LogP contribution in [0.15, 0.2) is 27.8 Å². The van der Waals surface area contributed by atoms with Gasteiger partial charge in [0.05, 0.1) is 19.4 Å². The highest BCUT2D eigenvalue weighted by atomic mass is 127. The molecule has 148 valence electrons. The van der Waals surface area contributed by atoms with Crippen LogP contribution in [0.25, 0.3) is 0 Å². The average molecular weight is 480 g/mol. The van der Waals surface area contributed by atoms with E-state index in [2.05, 4.69) is 15.2 Å². The third kappa shape index (κ3) is 6.04. The summed E-state index contributed by atoms with van der Waals surface area (Å²) in [6, 6.07) is 3.48. The fraction of sp³-hybridized carbons (Fsp3) is 0.647. The Morgan fingerprint density at radius 1 is 1.35 bits per heavy atom. The monoisotopic (exact) mass is 480 g/mol. The maximum absolute atomic E-state index is 11.8. The highest BCUT2D eigenvalue weighted by Gasteiger charge is 2.28. The molecule has 1 aromatic heterocycles. The lowest BCUT2D eigenvalue weighted by Crippen LogP contribution is -2.54. The number of nitrogens with one attached hydrogen (secondary N) is 1. The second-order valence-electron chi connectivity index (χ2n) is 6.09. The molecule has 1 amide bonds. The number of piperazine rings is 1. The van der Waals surface area contributed by atoms with Gasteiger partial charge in [-0.3, -0.25) is 0 Å². The first-order chi connectivity index (χ1) is 12.0. The largest absolute Gasteiger partial charge is 0.466 e. The summed E-state index contributed by atoms with van der Waals surface area (Å²) in [5, 5.41) is 13.8. The number of guanidine groups is 1. The second-order valence-corrected chi connectivity index (χ2v) is 6.09. The van der Waals surface area contributed by atoms with E-state index >= 15 is 0 Å². The van der Waals surface area contributed by atoms with Crippen molar-refractivity contribution >= 4 is 36.0 Å². The molecule has 0 spiro atoms. The van der Waals surface area contributed by atoms with Gasteiger partial charge in [0.1, 0.15) is 11.4 Å². The molecule has 1 aromatic rings. The van der Waals surface area contributed by atoms with Crippen molar-refractivity contribution in [1.82, 2.24) is 15.1 Å². The number of aliphatic imine (C=N–C) groups is 1. The summed E-state index contributed by atoms with van der Waals surface area (Å²) in [5.74, 6) is 1.21. The van der Waals surface area contributed by atoms with Gasteiger partial charge in [0.25, 0.3) is 0 Å². The van der Waals surface area contributed by atoms with Gasteiger partial charge < -0.3 is 29.4 Å². The van der Waals surface area contributed by atoms with E-state index in [9.17, 15) is 9.90 Å². The molecule has 1 aliphatic heterocycles. The lowest BCUT2D eigenvalue weighted by Gasteiger charge is -2.36. The van der Waals surface area contributed by atoms with E-state index < -0.39 is 5.60 Å². The molecule has 0 radical (unpaired) electrons. The Labute approximate surface area is 171 Å². The fourth-order valence-corrected chi connectivity index (χ4v) is 2.63. The number of furan rings is 1. The Morgan fingerprint density at radius 3 is 2.54 bits per heavy atom. The van der Waals surface area contributed by atoms with Gasteiger partial charge in [-0.05, 0) is 32.9 Å². The Kier molecular flexibility index (Phi) is 9.20. The Bertz CT molecular complexity index is 569. The molecule has 2 rings (SSSR count). The van der Waals surface area contributed by atoms with Gasteiger partial charge in [0.2, 0.25) is 0 Å². The SMILES string of the molecule is CCNC(=NCC(C)(O)c1ccco1)N1CCN(C(=O)OCC)CC1.I. The minimum atomic E-state index is -1.17. The number of aliphatic hydroxyl groups is 1. The van der Waals surface area contributed by atoms with Gasteiger partial charge in [-0.25, -0.2) is 9.79 Å². The van der Waals surface area contributed by atoms with E-state index in [0.29, 0.717) is 38.5 Å².